The van der Waals surface area contributed by atoms with Crippen molar-refractivity contribution in [1.29, 1.82) is 0 Å². The molecule has 0 radical (unpaired) electrons. The molecule has 2 saturated carbocycles. The van der Waals surface area contributed by atoms with E-state index in [1.54, 1.807) is 0 Å². The monoisotopic (exact) mass is 209 g/mol. The third-order valence-corrected chi connectivity index (χ3v) is 4.87. The Balaban J connectivity index is 1.48. The maximum absolute atomic E-state index is 9.36. The Labute approximate surface area is 92.7 Å². The first-order chi connectivity index (χ1) is 7.31. The predicted molar refractivity (Wildman–Crippen MR) is 60.6 cm³/mol. The van der Waals surface area contributed by atoms with Gasteiger partial charge in [-0.25, -0.2) is 0 Å². The highest BCUT2D eigenvalue weighted by Gasteiger charge is 2.52. The van der Waals surface area contributed by atoms with E-state index >= 15 is 0 Å². The van der Waals surface area contributed by atoms with E-state index in [2.05, 4.69) is 4.90 Å². The molecular formula is C13H23NO. The maximum atomic E-state index is 9.36. The number of aliphatic hydroxyl groups is 1. The lowest BCUT2D eigenvalue weighted by Crippen LogP contribution is -2.51. The largest absolute Gasteiger partial charge is 0.396 e. The second-order valence-corrected chi connectivity index (χ2v) is 6.16. The average molecular weight is 209 g/mol. The van der Waals surface area contributed by atoms with Crippen LogP contribution in [0.5, 0.6) is 0 Å². The first-order valence-corrected chi connectivity index (χ1v) is 6.65. The Kier molecular flexibility index (Phi) is 2.52. The van der Waals surface area contributed by atoms with Crippen LogP contribution in [0.4, 0.5) is 0 Å². The third-order valence-electron chi connectivity index (χ3n) is 4.87. The van der Waals surface area contributed by atoms with E-state index in [9.17, 15) is 5.11 Å². The number of hydrogen-bond donors (Lipinski definition) is 1. The van der Waals surface area contributed by atoms with Crippen molar-refractivity contribution in [3.63, 3.8) is 0 Å². The van der Waals surface area contributed by atoms with E-state index < -0.39 is 0 Å². The van der Waals surface area contributed by atoms with Gasteiger partial charge in [-0.05, 0) is 42.9 Å². The lowest BCUT2D eigenvalue weighted by atomic mass is 9.78. The van der Waals surface area contributed by atoms with Crippen LogP contribution in [0.2, 0.25) is 0 Å². The Hall–Kier alpha value is -0.0800. The van der Waals surface area contributed by atoms with E-state index in [4.69, 9.17) is 0 Å². The fourth-order valence-corrected chi connectivity index (χ4v) is 3.62. The van der Waals surface area contributed by atoms with E-state index in [1.165, 1.54) is 58.2 Å². The highest BCUT2D eigenvalue weighted by atomic mass is 16.3. The predicted octanol–water partition coefficient (Wildman–Crippen LogP) is 1.88. The molecule has 0 aromatic rings. The van der Waals surface area contributed by atoms with Crippen molar-refractivity contribution in [3.05, 3.63) is 0 Å². The third kappa shape index (κ3) is 1.94. The molecule has 1 aliphatic heterocycles. The summed E-state index contributed by atoms with van der Waals surface area (Å²) < 4.78 is 0. The molecular weight excluding hydrogens is 186 g/mol. The fourth-order valence-electron chi connectivity index (χ4n) is 3.62. The zero-order valence-electron chi connectivity index (χ0n) is 9.62. The summed E-state index contributed by atoms with van der Waals surface area (Å²) in [6.07, 6.45) is 8.32. The molecule has 0 amide bonds. The first kappa shape index (κ1) is 10.1. The Bertz CT molecular complexity index is 229. The summed E-state index contributed by atoms with van der Waals surface area (Å²) in [6, 6.07) is 0. The zero-order valence-corrected chi connectivity index (χ0v) is 9.62. The van der Waals surface area contributed by atoms with Gasteiger partial charge in [0, 0.05) is 26.2 Å². The SMILES string of the molecule is OCC1CCCCC1CN1CC2(CC2)C1. The molecule has 86 valence electrons. The van der Waals surface area contributed by atoms with E-state index in [1.807, 2.05) is 0 Å². The quantitative estimate of drug-likeness (QED) is 0.767. The second-order valence-electron chi connectivity index (χ2n) is 6.16. The van der Waals surface area contributed by atoms with Crippen molar-refractivity contribution in [3.8, 4) is 0 Å². The molecule has 2 unspecified atom stereocenters. The number of hydrogen-bond acceptors (Lipinski definition) is 2. The van der Waals surface area contributed by atoms with E-state index in [0.717, 1.165) is 11.3 Å². The normalized spacial score (nSPS) is 39.0. The molecule has 2 aliphatic carbocycles. The van der Waals surface area contributed by atoms with Crippen LogP contribution in [0.3, 0.4) is 0 Å². The maximum Gasteiger partial charge on any atom is 0.0462 e. The minimum absolute atomic E-state index is 0.420. The Morgan fingerprint density at radius 2 is 1.73 bits per heavy atom. The van der Waals surface area contributed by atoms with Gasteiger partial charge in [-0.15, -0.1) is 0 Å². The second kappa shape index (κ2) is 3.74. The van der Waals surface area contributed by atoms with Crippen LogP contribution in [-0.4, -0.2) is 36.2 Å². The smallest absolute Gasteiger partial charge is 0.0462 e. The van der Waals surface area contributed by atoms with Crippen LogP contribution in [-0.2, 0) is 0 Å². The summed E-state index contributed by atoms with van der Waals surface area (Å²) in [4.78, 5) is 2.63. The average Bonchev–Trinajstić information content (AvgIpc) is 2.98. The molecule has 3 rings (SSSR count). The minimum Gasteiger partial charge on any atom is -0.396 e. The summed E-state index contributed by atoms with van der Waals surface area (Å²) in [5.41, 5.74) is 0.795. The van der Waals surface area contributed by atoms with Crippen molar-refractivity contribution in [1.82, 2.24) is 4.90 Å². The fraction of sp³-hybridized carbons (Fsp3) is 1.00. The standard InChI is InChI=1S/C13H23NO/c15-8-12-4-2-1-3-11(12)7-14-9-13(10-14)5-6-13/h11-12,15H,1-10H2. The molecule has 0 aromatic carbocycles. The summed E-state index contributed by atoms with van der Waals surface area (Å²) in [6.45, 7) is 4.42. The molecule has 2 nitrogen and oxygen atoms in total. The molecule has 0 aromatic heterocycles. The Morgan fingerprint density at radius 1 is 1.07 bits per heavy atom. The minimum atomic E-state index is 0.420. The highest BCUT2D eigenvalue weighted by Crippen LogP contribution is 2.53. The van der Waals surface area contributed by atoms with Crippen molar-refractivity contribution in [2.45, 2.75) is 38.5 Å². The topological polar surface area (TPSA) is 23.5 Å². The van der Waals surface area contributed by atoms with Gasteiger partial charge in [-0.3, -0.25) is 0 Å². The van der Waals surface area contributed by atoms with Gasteiger partial charge >= 0.3 is 0 Å². The van der Waals surface area contributed by atoms with Crippen molar-refractivity contribution in [2.24, 2.45) is 17.3 Å². The van der Waals surface area contributed by atoms with Gasteiger partial charge in [-0.2, -0.15) is 0 Å². The molecule has 2 atom stereocenters. The molecule has 1 saturated heterocycles. The van der Waals surface area contributed by atoms with Gasteiger partial charge in [0.15, 0.2) is 0 Å². The highest BCUT2D eigenvalue weighted by molar-refractivity contribution is 5.05. The summed E-state index contributed by atoms with van der Waals surface area (Å²) in [5, 5.41) is 9.36. The number of likely N-dealkylation sites (tertiary alicyclic amines) is 1. The van der Waals surface area contributed by atoms with Crippen molar-refractivity contribution < 1.29 is 5.11 Å². The van der Waals surface area contributed by atoms with Crippen LogP contribution in [0, 0.1) is 17.3 Å². The van der Waals surface area contributed by atoms with Crippen LogP contribution in [0.15, 0.2) is 0 Å². The van der Waals surface area contributed by atoms with E-state index in [-0.39, 0.29) is 0 Å². The molecule has 15 heavy (non-hydrogen) atoms. The van der Waals surface area contributed by atoms with E-state index in [0.29, 0.717) is 12.5 Å². The van der Waals surface area contributed by atoms with Crippen LogP contribution >= 0.6 is 0 Å². The Morgan fingerprint density at radius 3 is 2.33 bits per heavy atom. The van der Waals surface area contributed by atoms with Crippen LogP contribution in [0.1, 0.15) is 38.5 Å². The molecule has 3 aliphatic rings. The lowest BCUT2D eigenvalue weighted by molar-refractivity contribution is 0.0302. The zero-order chi connectivity index (χ0) is 10.3. The van der Waals surface area contributed by atoms with Crippen molar-refractivity contribution >= 4 is 0 Å². The first-order valence-electron chi connectivity index (χ1n) is 6.65. The molecule has 0 bridgehead atoms. The summed E-state index contributed by atoms with van der Waals surface area (Å²) in [5.74, 6) is 1.40. The molecule has 1 spiro atoms. The molecule has 3 fully saturated rings. The van der Waals surface area contributed by atoms with Gasteiger partial charge < -0.3 is 10.0 Å². The number of rotatable bonds is 3. The summed E-state index contributed by atoms with van der Waals surface area (Å²) in [7, 11) is 0. The number of nitrogens with zero attached hydrogens (tertiary/aromatic N) is 1. The van der Waals surface area contributed by atoms with Gasteiger partial charge in [-0.1, -0.05) is 12.8 Å². The summed E-state index contributed by atoms with van der Waals surface area (Å²) >= 11 is 0. The lowest BCUT2D eigenvalue weighted by Gasteiger charge is -2.44. The number of aliphatic hydroxyl groups excluding tert-OH is 1. The van der Waals surface area contributed by atoms with Gasteiger partial charge in [0.25, 0.3) is 0 Å². The van der Waals surface area contributed by atoms with Crippen molar-refractivity contribution in [2.75, 3.05) is 26.2 Å². The van der Waals surface area contributed by atoms with Gasteiger partial charge in [0.2, 0.25) is 0 Å². The molecule has 1 heterocycles. The van der Waals surface area contributed by atoms with Gasteiger partial charge in [0.05, 0.1) is 0 Å². The van der Waals surface area contributed by atoms with Crippen LogP contribution < -0.4 is 0 Å². The molecule has 1 N–H and O–H groups in total. The van der Waals surface area contributed by atoms with Crippen LogP contribution in [0.25, 0.3) is 0 Å². The molecule has 2 heteroatoms. The van der Waals surface area contributed by atoms with Gasteiger partial charge in [0.1, 0.15) is 0 Å².